The van der Waals surface area contributed by atoms with Gasteiger partial charge in [-0.1, -0.05) is 6.07 Å². The van der Waals surface area contributed by atoms with Gasteiger partial charge in [-0.15, -0.1) is 5.10 Å². The van der Waals surface area contributed by atoms with E-state index in [0.717, 1.165) is 13.2 Å². The van der Waals surface area contributed by atoms with E-state index < -0.39 is 23.6 Å². The van der Waals surface area contributed by atoms with Crippen LogP contribution in [0.5, 0.6) is 5.88 Å². The van der Waals surface area contributed by atoms with Crippen molar-refractivity contribution in [2.75, 3.05) is 19.5 Å². The van der Waals surface area contributed by atoms with Crippen LogP contribution in [0.2, 0.25) is 0 Å². The van der Waals surface area contributed by atoms with E-state index >= 15 is 0 Å². The maximum Gasteiger partial charge on any atom is 0.421 e. The molecular weight excluding hydrogens is 429 g/mol. The fourth-order valence-corrected chi connectivity index (χ4v) is 2.91. The number of nitrogens with one attached hydrogen (secondary N) is 1. The third-order valence-electron chi connectivity index (χ3n) is 4.37. The maximum atomic E-state index is 13.3. The van der Waals surface area contributed by atoms with Gasteiger partial charge in [0, 0.05) is 24.0 Å². The summed E-state index contributed by atoms with van der Waals surface area (Å²) in [5.41, 5.74) is -0.0570. The van der Waals surface area contributed by atoms with Gasteiger partial charge in [-0.3, -0.25) is 0 Å². The molecule has 4 heterocycles. The highest BCUT2D eigenvalue weighted by molar-refractivity contribution is 5.87. The Morgan fingerprint density at radius 3 is 2.62 bits per heavy atom. The van der Waals surface area contributed by atoms with Crippen molar-refractivity contribution in [2.24, 2.45) is 0 Å². The van der Waals surface area contributed by atoms with Crippen molar-refractivity contribution in [3.05, 3.63) is 60.0 Å². The molecule has 0 fully saturated rings. The molecule has 4 aromatic rings. The van der Waals surface area contributed by atoms with Gasteiger partial charge in [-0.25, -0.2) is 24.3 Å². The summed E-state index contributed by atoms with van der Waals surface area (Å²) in [7, 11) is 2.38. The number of nitrogens with zero attached hydrogens (tertiary/aromatic N) is 5. The topological polar surface area (TPSA) is 104 Å². The fraction of sp³-hybridized carbons (Fsp3) is 0.150. The molecule has 1 N–H and O–H groups in total. The van der Waals surface area contributed by atoms with Gasteiger partial charge in [-0.2, -0.15) is 13.2 Å². The molecule has 0 aromatic carbocycles. The molecule has 0 radical (unpaired) electrons. The highest BCUT2D eigenvalue weighted by atomic mass is 19.4. The van der Waals surface area contributed by atoms with Gasteiger partial charge in [-0.05, 0) is 24.3 Å². The maximum absolute atomic E-state index is 13.3. The van der Waals surface area contributed by atoms with Crippen molar-refractivity contribution in [1.29, 1.82) is 0 Å². The number of carbonyl (C=O) groups excluding carboxylic acids is 1. The summed E-state index contributed by atoms with van der Waals surface area (Å²) in [5.74, 6) is -0.375. The number of methoxy groups -OCH3 is 2. The second kappa shape index (κ2) is 8.13. The summed E-state index contributed by atoms with van der Waals surface area (Å²) in [6, 6.07) is 8.80. The Morgan fingerprint density at radius 1 is 1.09 bits per heavy atom. The fourth-order valence-electron chi connectivity index (χ4n) is 2.91. The Labute approximate surface area is 178 Å². The van der Waals surface area contributed by atoms with E-state index in [-0.39, 0.29) is 17.0 Å². The number of alkyl halides is 3. The molecule has 4 rings (SSSR count). The predicted octanol–water partition coefficient (Wildman–Crippen LogP) is 3.74. The van der Waals surface area contributed by atoms with Crippen LogP contribution in [-0.4, -0.2) is 44.8 Å². The SMILES string of the molecule is COC(=O)c1cccc(Nc2cc3nc(-c4cnc(OC)c(C(F)(F)F)c4)ccn3n2)n1. The summed E-state index contributed by atoms with van der Waals surface area (Å²) in [6.07, 6.45) is -1.82. The zero-order chi connectivity index (χ0) is 22.9. The van der Waals surface area contributed by atoms with Gasteiger partial charge < -0.3 is 14.8 Å². The normalized spacial score (nSPS) is 11.4. The smallest absolute Gasteiger partial charge is 0.421 e. The quantitative estimate of drug-likeness (QED) is 0.465. The zero-order valence-corrected chi connectivity index (χ0v) is 16.7. The number of pyridine rings is 2. The average molecular weight is 444 g/mol. The van der Waals surface area contributed by atoms with E-state index in [9.17, 15) is 18.0 Å². The predicted molar refractivity (Wildman–Crippen MR) is 107 cm³/mol. The van der Waals surface area contributed by atoms with Crippen molar-refractivity contribution in [1.82, 2.24) is 24.6 Å². The number of aromatic nitrogens is 5. The first-order valence-electron chi connectivity index (χ1n) is 9.09. The third-order valence-corrected chi connectivity index (χ3v) is 4.37. The lowest BCUT2D eigenvalue weighted by atomic mass is 10.1. The van der Waals surface area contributed by atoms with Crippen LogP contribution in [0, 0.1) is 0 Å². The Morgan fingerprint density at radius 2 is 1.91 bits per heavy atom. The van der Waals surface area contributed by atoms with Crippen LogP contribution in [0.15, 0.2) is 48.8 Å². The highest BCUT2D eigenvalue weighted by Crippen LogP contribution is 2.37. The summed E-state index contributed by atoms with van der Waals surface area (Å²) < 4.78 is 50.7. The molecule has 0 unspecified atom stereocenters. The molecule has 0 aliphatic heterocycles. The molecule has 0 amide bonds. The van der Waals surface area contributed by atoms with Gasteiger partial charge in [0.2, 0.25) is 5.88 Å². The van der Waals surface area contributed by atoms with E-state index in [2.05, 4.69) is 30.1 Å². The van der Waals surface area contributed by atoms with Crippen molar-refractivity contribution < 1.29 is 27.4 Å². The number of halogens is 3. The monoisotopic (exact) mass is 444 g/mol. The third kappa shape index (κ3) is 4.15. The van der Waals surface area contributed by atoms with Gasteiger partial charge in [0.1, 0.15) is 11.4 Å². The van der Waals surface area contributed by atoms with E-state index in [1.54, 1.807) is 24.4 Å². The Bertz CT molecular complexity index is 1310. The van der Waals surface area contributed by atoms with Crippen molar-refractivity contribution in [3.8, 4) is 17.1 Å². The Kier molecular flexibility index (Phi) is 5.34. The van der Waals surface area contributed by atoms with Gasteiger partial charge in [0.15, 0.2) is 17.2 Å². The molecule has 0 bridgehead atoms. The molecule has 0 aliphatic carbocycles. The number of esters is 1. The first kappa shape index (κ1) is 21.0. The minimum absolute atomic E-state index is 0.120. The molecule has 12 heteroatoms. The molecule has 164 valence electrons. The average Bonchev–Trinajstić information content (AvgIpc) is 3.19. The van der Waals surface area contributed by atoms with Crippen molar-refractivity contribution in [2.45, 2.75) is 6.18 Å². The van der Waals surface area contributed by atoms with Crippen LogP contribution in [0.4, 0.5) is 24.8 Å². The van der Waals surface area contributed by atoms with Gasteiger partial charge in [0.05, 0.1) is 19.9 Å². The van der Waals surface area contributed by atoms with Crippen LogP contribution < -0.4 is 10.1 Å². The lowest BCUT2D eigenvalue weighted by Crippen LogP contribution is -2.09. The summed E-state index contributed by atoms with van der Waals surface area (Å²) in [4.78, 5) is 23.9. The minimum Gasteiger partial charge on any atom is -0.481 e. The van der Waals surface area contributed by atoms with Crippen LogP contribution in [0.3, 0.4) is 0 Å². The standard InChI is InChI=1S/C20H15F3N6O3/c1-31-18-12(20(21,22)23)8-11(10-24-18)13-6-7-29-17(26-13)9-16(28-29)27-15-5-3-4-14(25-15)19(30)32-2/h3-10H,1-2H3,(H,25,27,28). The van der Waals surface area contributed by atoms with Gasteiger partial charge >= 0.3 is 12.1 Å². The van der Waals surface area contributed by atoms with Crippen molar-refractivity contribution >= 4 is 23.3 Å². The number of carbonyl (C=O) groups is 1. The summed E-state index contributed by atoms with van der Waals surface area (Å²) in [5, 5.41) is 7.24. The van der Waals surface area contributed by atoms with E-state index in [4.69, 9.17) is 4.74 Å². The minimum atomic E-state index is -4.63. The van der Waals surface area contributed by atoms with Crippen LogP contribution in [0.25, 0.3) is 16.9 Å². The second-order valence-electron chi connectivity index (χ2n) is 6.45. The van der Waals surface area contributed by atoms with E-state index in [1.807, 2.05) is 0 Å². The molecular formula is C20H15F3N6O3. The molecule has 0 aliphatic rings. The van der Waals surface area contributed by atoms with E-state index in [0.29, 0.717) is 17.3 Å². The van der Waals surface area contributed by atoms with Crippen LogP contribution in [-0.2, 0) is 10.9 Å². The molecule has 0 saturated carbocycles. The van der Waals surface area contributed by atoms with Crippen molar-refractivity contribution in [3.63, 3.8) is 0 Å². The molecule has 0 saturated heterocycles. The Balaban J connectivity index is 1.65. The molecule has 32 heavy (non-hydrogen) atoms. The summed E-state index contributed by atoms with van der Waals surface area (Å²) in [6.45, 7) is 0. The lowest BCUT2D eigenvalue weighted by Gasteiger charge is -2.12. The number of fused-ring (bicyclic) bond motifs is 1. The Hall–Kier alpha value is -4.22. The first-order valence-corrected chi connectivity index (χ1v) is 9.09. The number of hydrogen-bond acceptors (Lipinski definition) is 8. The van der Waals surface area contributed by atoms with E-state index in [1.165, 1.54) is 30.0 Å². The molecule has 0 spiro atoms. The van der Waals surface area contributed by atoms with Crippen LogP contribution in [0.1, 0.15) is 16.1 Å². The number of hydrogen-bond donors (Lipinski definition) is 1. The molecule has 4 aromatic heterocycles. The second-order valence-corrected chi connectivity index (χ2v) is 6.45. The summed E-state index contributed by atoms with van der Waals surface area (Å²) >= 11 is 0. The lowest BCUT2D eigenvalue weighted by molar-refractivity contribution is -0.139. The largest absolute Gasteiger partial charge is 0.481 e. The number of anilines is 2. The molecule has 0 atom stereocenters. The number of rotatable bonds is 5. The van der Waals surface area contributed by atoms with Crippen LogP contribution >= 0.6 is 0 Å². The first-order chi connectivity index (χ1) is 15.3. The zero-order valence-electron chi connectivity index (χ0n) is 16.7. The van der Waals surface area contributed by atoms with Gasteiger partial charge in [0.25, 0.3) is 0 Å². The number of ether oxygens (including phenoxy) is 2. The highest BCUT2D eigenvalue weighted by Gasteiger charge is 2.35. The molecule has 9 nitrogen and oxygen atoms in total.